The third kappa shape index (κ3) is 1.98. The second-order valence-electron chi connectivity index (χ2n) is 5.46. The standard InChI is InChI=1S/C13H15N5O2/c14-6-8-3-12(18(19)20)7-16-13(8)17-10-1-2-11(17)5-9(15)4-10/h3,7,9-11H,1-2,4-5,15H2. The average molecular weight is 273 g/mol. The molecule has 0 radical (unpaired) electrons. The summed E-state index contributed by atoms with van der Waals surface area (Å²) in [5.41, 5.74) is 6.15. The molecule has 3 heterocycles. The lowest BCUT2D eigenvalue weighted by Gasteiger charge is -2.38. The molecule has 1 aromatic rings. The Morgan fingerprint density at radius 3 is 2.65 bits per heavy atom. The van der Waals surface area contributed by atoms with Crippen molar-refractivity contribution < 1.29 is 4.92 Å². The van der Waals surface area contributed by atoms with Gasteiger partial charge in [0.15, 0.2) is 0 Å². The molecule has 7 heteroatoms. The van der Waals surface area contributed by atoms with Crippen LogP contribution in [0.15, 0.2) is 12.3 Å². The van der Waals surface area contributed by atoms with Crippen molar-refractivity contribution in [3.8, 4) is 6.07 Å². The van der Waals surface area contributed by atoms with Crippen LogP contribution in [-0.2, 0) is 0 Å². The number of fused-ring (bicyclic) bond motifs is 2. The van der Waals surface area contributed by atoms with Crippen LogP contribution in [0.25, 0.3) is 0 Å². The Hall–Kier alpha value is -2.20. The highest BCUT2D eigenvalue weighted by atomic mass is 16.6. The quantitative estimate of drug-likeness (QED) is 0.643. The Morgan fingerprint density at radius 1 is 1.45 bits per heavy atom. The minimum atomic E-state index is -0.529. The minimum Gasteiger partial charge on any atom is -0.349 e. The summed E-state index contributed by atoms with van der Waals surface area (Å²) in [5, 5.41) is 20.0. The highest BCUT2D eigenvalue weighted by Gasteiger charge is 2.41. The molecule has 104 valence electrons. The lowest BCUT2D eigenvalue weighted by Crippen LogP contribution is -2.48. The van der Waals surface area contributed by atoms with E-state index in [1.807, 2.05) is 6.07 Å². The van der Waals surface area contributed by atoms with E-state index in [2.05, 4.69) is 9.88 Å². The molecular formula is C13H15N5O2. The molecule has 7 nitrogen and oxygen atoms in total. The summed E-state index contributed by atoms with van der Waals surface area (Å²) >= 11 is 0. The van der Waals surface area contributed by atoms with Gasteiger partial charge in [-0.05, 0) is 25.7 Å². The molecule has 0 amide bonds. The van der Waals surface area contributed by atoms with Gasteiger partial charge in [0, 0.05) is 24.2 Å². The maximum absolute atomic E-state index is 10.8. The van der Waals surface area contributed by atoms with E-state index in [1.54, 1.807) is 0 Å². The van der Waals surface area contributed by atoms with Crippen molar-refractivity contribution in [2.45, 2.75) is 43.8 Å². The first kappa shape index (κ1) is 12.8. The summed E-state index contributed by atoms with van der Waals surface area (Å²) in [6.07, 6.45) is 5.09. The smallest absolute Gasteiger partial charge is 0.289 e. The van der Waals surface area contributed by atoms with E-state index in [-0.39, 0.29) is 17.3 Å². The number of nitrogens with two attached hydrogens (primary N) is 1. The van der Waals surface area contributed by atoms with Crippen LogP contribution in [0.4, 0.5) is 11.5 Å². The largest absolute Gasteiger partial charge is 0.349 e. The molecule has 20 heavy (non-hydrogen) atoms. The molecule has 1 aromatic heterocycles. The van der Waals surface area contributed by atoms with Crippen molar-refractivity contribution in [3.05, 3.63) is 27.9 Å². The number of aromatic nitrogens is 1. The van der Waals surface area contributed by atoms with Gasteiger partial charge in [0.1, 0.15) is 23.6 Å². The molecule has 2 fully saturated rings. The summed E-state index contributed by atoms with van der Waals surface area (Å²) in [6.45, 7) is 0. The third-order valence-electron chi connectivity index (χ3n) is 4.20. The molecule has 2 bridgehead atoms. The highest BCUT2D eigenvalue weighted by molar-refractivity contribution is 5.59. The molecule has 0 aromatic carbocycles. The van der Waals surface area contributed by atoms with Crippen LogP contribution in [-0.4, -0.2) is 28.0 Å². The maximum atomic E-state index is 10.8. The van der Waals surface area contributed by atoms with E-state index in [9.17, 15) is 15.4 Å². The van der Waals surface area contributed by atoms with E-state index in [4.69, 9.17) is 5.73 Å². The van der Waals surface area contributed by atoms with Gasteiger partial charge >= 0.3 is 0 Å². The molecule has 0 aliphatic carbocycles. The van der Waals surface area contributed by atoms with Gasteiger partial charge in [-0.2, -0.15) is 5.26 Å². The Balaban J connectivity index is 1.99. The fraction of sp³-hybridized carbons (Fsp3) is 0.538. The van der Waals surface area contributed by atoms with E-state index in [1.165, 1.54) is 12.3 Å². The predicted molar refractivity (Wildman–Crippen MR) is 72.1 cm³/mol. The van der Waals surface area contributed by atoms with Gasteiger partial charge in [0.2, 0.25) is 0 Å². The number of piperidine rings is 1. The summed E-state index contributed by atoms with van der Waals surface area (Å²) < 4.78 is 0. The number of hydrogen-bond donors (Lipinski definition) is 1. The fourth-order valence-electron chi connectivity index (χ4n) is 3.40. The van der Waals surface area contributed by atoms with E-state index >= 15 is 0 Å². The molecule has 3 rings (SSSR count). The lowest BCUT2D eigenvalue weighted by atomic mass is 9.97. The molecule has 2 atom stereocenters. The van der Waals surface area contributed by atoms with E-state index in [0.717, 1.165) is 25.7 Å². The number of rotatable bonds is 2. The number of nitro groups is 1. The van der Waals surface area contributed by atoms with Crippen LogP contribution >= 0.6 is 0 Å². The summed E-state index contributed by atoms with van der Waals surface area (Å²) in [7, 11) is 0. The molecule has 0 saturated carbocycles. The van der Waals surface area contributed by atoms with E-state index in [0.29, 0.717) is 17.9 Å². The number of pyridine rings is 1. The third-order valence-corrected chi connectivity index (χ3v) is 4.20. The normalized spacial score (nSPS) is 28.2. The first-order chi connectivity index (χ1) is 9.60. The number of nitriles is 1. The highest BCUT2D eigenvalue weighted by Crippen LogP contribution is 2.39. The Kier molecular flexibility index (Phi) is 3.03. The van der Waals surface area contributed by atoms with Gasteiger partial charge < -0.3 is 10.6 Å². The zero-order valence-electron chi connectivity index (χ0n) is 10.9. The van der Waals surface area contributed by atoms with E-state index < -0.39 is 4.92 Å². The molecule has 2 aliphatic rings. The monoisotopic (exact) mass is 273 g/mol. The van der Waals surface area contributed by atoms with Crippen molar-refractivity contribution in [2.75, 3.05) is 4.90 Å². The Labute approximate surface area is 116 Å². The van der Waals surface area contributed by atoms with Gasteiger partial charge in [0.25, 0.3) is 5.69 Å². The summed E-state index contributed by atoms with van der Waals surface area (Å²) in [4.78, 5) is 16.6. The average Bonchev–Trinajstić information content (AvgIpc) is 2.69. The van der Waals surface area contributed by atoms with Crippen molar-refractivity contribution in [2.24, 2.45) is 5.73 Å². The van der Waals surface area contributed by atoms with Gasteiger partial charge in [0.05, 0.1) is 4.92 Å². The van der Waals surface area contributed by atoms with Gasteiger partial charge in [-0.25, -0.2) is 4.98 Å². The minimum absolute atomic E-state index is 0.147. The molecule has 0 spiro atoms. The van der Waals surface area contributed by atoms with Crippen molar-refractivity contribution >= 4 is 11.5 Å². The van der Waals surface area contributed by atoms with Crippen molar-refractivity contribution in [1.82, 2.24) is 4.98 Å². The first-order valence-corrected chi connectivity index (χ1v) is 6.68. The van der Waals surface area contributed by atoms with Crippen LogP contribution in [0.3, 0.4) is 0 Å². The molecular weight excluding hydrogens is 258 g/mol. The molecule has 2 unspecified atom stereocenters. The molecule has 2 N–H and O–H groups in total. The summed E-state index contributed by atoms with van der Waals surface area (Å²) in [6, 6.07) is 4.12. The van der Waals surface area contributed by atoms with Crippen molar-refractivity contribution in [1.29, 1.82) is 5.26 Å². The second-order valence-corrected chi connectivity index (χ2v) is 5.46. The SMILES string of the molecule is N#Cc1cc([N+](=O)[O-])cnc1N1C2CCC1CC(N)C2. The topological polar surface area (TPSA) is 109 Å². The van der Waals surface area contributed by atoms with Crippen LogP contribution in [0, 0.1) is 21.4 Å². The number of nitrogens with zero attached hydrogens (tertiary/aromatic N) is 4. The first-order valence-electron chi connectivity index (χ1n) is 6.68. The zero-order chi connectivity index (χ0) is 14.3. The maximum Gasteiger partial charge on any atom is 0.289 e. The van der Waals surface area contributed by atoms with Crippen LogP contribution < -0.4 is 10.6 Å². The van der Waals surface area contributed by atoms with Gasteiger partial charge in [-0.3, -0.25) is 10.1 Å². The predicted octanol–water partition coefficient (Wildman–Crippen LogP) is 1.32. The zero-order valence-corrected chi connectivity index (χ0v) is 10.9. The number of hydrogen-bond acceptors (Lipinski definition) is 6. The number of anilines is 1. The van der Waals surface area contributed by atoms with Crippen molar-refractivity contribution in [3.63, 3.8) is 0 Å². The Bertz CT molecular complexity index is 583. The van der Waals surface area contributed by atoms with Gasteiger partial charge in [-0.15, -0.1) is 0 Å². The van der Waals surface area contributed by atoms with Gasteiger partial charge in [-0.1, -0.05) is 0 Å². The summed E-state index contributed by atoms with van der Waals surface area (Å²) in [5.74, 6) is 0.567. The molecule has 2 aliphatic heterocycles. The Morgan fingerprint density at radius 2 is 2.10 bits per heavy atom. The van der Waals surface area contributed by atoms with Crippen LogP contribution in [0.2, 0.25) is 0 Å². The van der Waals surface area contributed by atoms with Crippen LogP contribution in [0.1, 0.15) is 31.2 Å². The second kappa shape index (κ2) is 4.72. The fourth-order valence-corrected chi connectivity index (χ4v) is 3.40. The van der Waals surface area contributed by atoms with Crippen LogP contribution in [0.5, 0.6) is 0 Å². The lowest BCUT2D eigenvalue weighted by molar-refractivity contribution is -0.385. The molecule has 2 saturated heterocycles.